The second kappa shape index (κ2) is 2.52. The van der Waals surface area contributed by atoms with Gasteiger partial charge in [0.15, 0.2) is 0 Å². The van der Waals surface area contributed by atoms with Crippen molar-refractivity contribution >= 4 is 6.08 Å². The van der Waals surface area contributed by atoms with Crippen LogP contribution < -0.4 is 0 Å². The molecule has 0 radical (unpaired) electrons. The summed E-state index contributed by atoms with van der Waals surface area (Å²) in [6, 6.07) is 1.63. The summed E-state index contributed by atoms with van der Waals surface area (Å²) in [7, 11) is 0. The first-order valence-electron chi connectivity index (χ1n) is 3.02. The fourth-order valence-corrected chi connectivity index (χ4v) is 0.745. The molecule has 0 aromatic carbocycles. The third-order valence-corrected chi connectivity index (χ3v) is 1.33. The van der Waals surface area contributed by atoms with Crippen molar-refractivity contribution in [1.29, 1.82) is 0 Å². The van der Waals surface area contributed by atoms with Gasteiger partial charge in [0, 0.05) is 5.69 Å². The lowest BCUT2D eigenvalue weighted by Crippen LogP contribution is -1.83. The normalized spacial score (nSPS) is 9.30. The Hall–Kier alpha value is -1.31. The Balaban J connectivity index is 3.21. The zero-order valence-electron chi connectivity index (χ0n) is 5.83. The van der Waals surface area contributed by atoms with Gasteiger partial charge in [0.1, 0.15) is 5.75 Å². The third-order valence-electron chi connectivity index (χ3n) is 1.33. The maximum absolute atomic E-state index is 8.96. The summed E-state index contributed by atoms with van der Waals surface area (Å²) in [5, 5.41) is 8.96. The number of pyridine rings is 1. The SMILES string of the molecule is C=Cc1cc(O)cnc1C. The second-order valence-electron chi connectivity index (χ2n) is 2.07. The van der Waals surface area contributed by atoms with Crippen LogP contribution in [0.25, 0.3) is 6.08 Å². The predicted octanol–water partition coefficient (Wildman–Crippen LogP) is 1.74. The maximum atomic E-state index is 8.96. The summed E-state index contributed by atoms with van der Waals surface area (Å²) in [6.45, 7) is 5.45. The Bertz CT molecular complexity index is 255. The van der Waals surface area contributed by atoms with Gasteiger partial charge >= 0.3 is 0 Å². The molecule has 0 bridgehead atoms. The van der Waals surface area contributed by atoms with Crippen molar-refractivity contribution in [3.8, 4) is 5.75 Å². The smallest absolute Gasteiger partial charge is 0.134 e. The molecule has 2 nitrogen and oxygen atoms in total. The van der Waals surface area contributed by atoms with Gasteiger partial charge in [-0.2, -0.15) is 0 Å². The predicted molar refractivity (Wildman–Crippen MR) is 40.7 cm³/mol. The number of hydrogen-bond acceptors (Lipinski definition) is 2. The standard InChI is InChI=1S/C8H9NO/c1-3-7-4-8(10)5-9-6(7)2/h3-5,10H,1H2,2H3. The largest absolute Gasteiger partial charge is 0.506 e. The van der Waals surface area contributed by atoms with Crippen molar-refractivity contribution in [2.24, 2.45) is 0 Å². The third kappa shape index (κ3) is 1.16. The van der Waals surface area contributed by atoms with Crippen LogP contribution in [0.3, 0.4) is 0 Å². The molecular formula is C8H9NO. The molecule has 0 aliphatic rings. The monoisotopic (exact) mass is 135 g/mol. The van der Waals surface area contributed by atoms with E-state index < -0.39 is 0 Å². The lowest BCUT2D eigenvalue weighted by atomic mass is 10.2. The summed E-state index contributed by atoms with van der Waals surface area (Å²) in [5.41, 5.74) is 1.76. The molecule has 0 aliphatic heterocycles. The molecular weight excluding hydrogens is 126 g/mol. The molecule has 10 heavy (non-hydrogen) atoms. The Morgan fingerprint density at radius 1 is 1.70 bits per heavy atom. The van der Waals surface area contributed by atoms with E-state index in [2.05, 4.69) is 11.6 Å². The van der Waals surface area contributed by atoms with E-state index >= 15 is 0 Å². The van der Waals surface area contributed by atoms with Gasteiger partial charge < -0.3 is 5.11 Å². The Labute approximate surface area is 59.9 Å². The molecule has 2 heteroatoms. The molecule has 52 valence electrons. The first-order valence-corrected chi connectivity index (χ1v) is 3.02. The molecule has 0 atom stereocenters. The minimum absolute atomic E-state index is 0.181. The van der Waals surface area contributed by atoms with Crippen LogP contribution in [-0.4, -0.2) is 10.1 Å². The highest BCUT2D eigenvalue weighted by Gasteiger charge is 1.94. The van der Waals surface area contributed by atoms with Crippen LogP contribution in [-0.2, 0) is 0 Å². The molecule has 1 N–H and O–H groups in total. The molecule has 0 fully saturated rings. The molecule has 1 aromatic rings. The Morgan fingerprint density at radius 2 is 2.40 bits per heavy atom. The second-order valence-corrected chi connectivity index (χ2v) is 2.07. The van der Waals surface area contributed by atoms with Crippen LogP contribution in [0.4, 0.5) is 0 Å². The first-order chi connectivity index (χ1) is 4.74. The molecule has 0 unspecified atom stereocenters. The van der Waals surface area contributed by atoms with Gasteiger partial charge in [-0.1, -0.05) is 12.7 Å². The number of aryl methyl sites for hydroxylation is 1. The van der Waals surface area contributed by atoms with Crippen LogP contribution in [0.2, 0.25) is 0 Å². The average molecular weight is 135 g/mol. The molecule has 0 saturated heterocycles. The molecule has 0 aliphatic carbocycles. The van der Waals surface area contributed by atoms with Crippen molar-refractivity contribution in [2.75, 3.05) is 0 Å². The minimum atomic E-state index is 0.181. The van der Waals surface area contributed by atoms with Gasteiger partial charge in [-0.3, -0.25) is 4.98 Å². The maximum Gasteiger partial charge on any atom is 0.134 e. The summed E-state index contributed by atoms with van der Waals surface area (Å²) >= 11 is 0. The summed E-state index contributed by atoms with van der Waals surface area (Å²) in [6.07, 6.45) is 3.09. The van der Waals surface area contributed by atoms with Crippen LogP contribution in [0.1, 0.15) is 11.3 Å². The molecule has 1 rings (SSSR count). The number of hydrogen-bond donors (Lipinski definition) is 1. The highest BCUT2D eigenvalue weighted by molar-refractivity contribution is 5.51. The summed E-state index contributed by atoms with van der Waals surface area (Å²) in [4.78, 5) is 3.93. The zero-order valence-corrected chi connectivity index (χ0v) is 5.83. The number of aromatic nitrogens is 1. The highest BCUT2D eigenvalue weighted by Crippen LogP contribution is 2.13. The minimum Gasteiger partial charge on any atom is -0.506 e. The van der Waals surface area contributed by atoms with Crippen molar-refractivity contribution < 1.29 is 5.11 Å². The Morgan fingerprint density at radius 3 is 2.90 bits per heavy atom. The average Bonchev–Trinajstić information content (AvgIpc) is 1.94. The van der Waals surface area contributed by atoms with E-state index in [0.29, 0.717) is 0 Å². The van der Waals surface area contributed by atoms with Crippen LogP contribution in [0.15, 0.2) is 18.8 Å². The van der Waals surface area contributed by atoms with Crippen molar-refractivity contribution in [2.45, 2.75) is 6.92 Å². The van der Waals surface area contributed by atoms with Crippen LogP contribution >= 0.6 is 0 Å². The number of aromatic hydroxyl groups is 1. The van der Waals surface area contributed by atoms with E-state index in [0.717, 1.165) is 11.3 Å². The Kier molecular flexibility index (Phi) is 1.71. The van der Waals surface area contributed by atoms with Gasteiger partial charge in [-0.15, -0.1) is 0 Å². The van der Waals surface area contributed by atoms with E-state index in [-0.39, 0.29) is 5.75 Å². The molecule has 0 saturated carbocycles. The van der Waals surface area contributed by atoms with Gasteiger partial charge in [0.2, 0.25) is 0 Å². The molecule has 0 spiro atoms. The van der Waals surface area contributed by atoms with Crippen molar-refractivity contribution in [3.63, 3.8) is 0 Å². The van der Waals surface area contributed by atoms with E-state index in [1.54, 1.807) is 12.1 Å². The molecule has 1 heterocycles. The fraction of sp³-hybridized carbons (Fsp3) is 0.125. The summed E-state index contributed by atoms with van der Waals surface area (Å²) < 4.78 is 0. The van der Waals surface area contributed by atoms with E-state index in [1.165, 1.54) is 6.20 Å². The quantitative estimate of drug-likeness (QED) is 0.636. The van der Waals surface area contributed by atoms with Crippen LogP contribution in [0, 0.1) is 6.92 Å². The van der Waals surface area contributed by atoms with E-state index in [1.807, 2.05) is 6.92 Å². The van der Waals surface area contributed by atoms with Crippen molar-refractivity contribution in [1.82, 2.24) is 4.98 Å². The highest BCUT2D eigenvalue weighted by atomic mass is 16.3. The lowest BCUT2D eigenvalue weighted by molar-refractivity contribution is 0.472. The van der Waals surface area contributed by atoms with Gasteiger partial charge in [0.25, 0.3) is 0 Å². The van der Waals surface area contributed by atoms with E-state index in [9.17, 15) is 0 Å². The molecule has 0 amide bonds. The zero-order chi connectivity index (χ0) is 7.56. The molecule has 1 aromatic heterocycles. The summed E-state index contributed by atoms with van der Waals surface area (Å²) in [5.74, 6) is 0.181. The van der Waals surface area contributed by atoms with Crippen molar-refractivity contribution in [3.05, 3.63) is 30.1 Å². The van der Waals surface area contributed by atoms with Gasteiger partial charge in [-0.25, -0.2) is 0 Å². The number of nitrogens with zero attached hydrogens (tertiary/aromatic N) is 1. The van der Waals surface area contributed by atoms with Crippen LogP contribution in [0.5, 0.6) is 5.75 Å². The van der Waals surface area contributed by atoms with E-state index in [4.69, 9.17) is 5.11 Å². The first kappa shape index (κ1) is 6.81. The topological polar surface area (TPSA) is 33.1 Å². The lowest BCUT2D eigenvalue weighted by Gasteiger charge is -1.97. The number of rotatable bonds is 1. The fourth-order valence-electron chi connectivity index (χ4n) is 0.745. The van der Waals surface area contributed by atoms with Gasteiger partial charge in [-0.05, 0) is 18.6 Å². The van der Waals surface area contributed by atoms with Gasteiger partial charge in [0.05, 0.1) is 6.20 Å².